The number of amides is 1. The first kappa shape index (κ1) is 24.7. The van der Waals surface area contributed by atoms with Crippen molar-refractivity contribution in [3.05, 3.63) is 76.8 Å². The van der Waals surface area contributed by atoms with Gasteiger partial charge in [0, 0.05) is 54.8 Å². The van der Waals surface area contributed by atoms with Crippen molar-refractivity contribution in [2.24, 2.45) is 0 Å². The number of aromatic nitrogens is 2. The molecular formula is C25H26Cl2N4O5. The number of imidazole rings is 1. The maximum atomic E-state index is 11.1. The van der Waals surface area contributed by atoms with Crippen molar-refractivity contribution in [3.63, 3.8) is 0 Å². The lowest BCUT2D eigenvalue weighted by Gasteiger charge is -2.34. The first-order chi connectivity index (χ1) is 17.4. The number of benzene rings is 2. The van der Waals surface area contributed by atoms with Crippen LogP contribution in [0.3, 0.4) is 0 Å². The van der Waals surface area contributed by atoms with Crippen LogP contribution < -0.4 is 9.64 Å². The zero-order valence-corrected chi connectivity index (χ0v) is 20.9. The number of hydrogen-bond acceptors (Lipinski definition) is 6. The van der Waals surface area contributed by atoms with Crippen LogP contribution in [0.1, 0.15) is 5.56 Å². The van der Waals surface area contributed by atoms with Gasteiger partial charge in [-0.3, -0.25) is 0 Å². The van der Waals surface area contributed by atoms with Gasteiger partial charge in [-0.25, -0.2) is 9.78 Å². The summed E-state index contributed by atoms with van der Waals surface area (Å²) in [5, 5.41) is 10.1. The molecule has 0 aliphatic carbocycles. The van der Waals surface area contributed by atoms with Crippen LogP contribution in [0, 0.1) is 0 Å². The molecule has 1 amide bonds. The van der Waals surface area contributed by atoms with Crippen molar-refractivity contribution in [2.75, 3.05) is 44.3 Å². The Morgan fingerprint density at radius 1 is 1.14 bits per heavy atom. The van der Waals surface area contributed by atoms with E-state index in [9.17, 15) is 4.79 Å². The van der Waals surface area contributed by atoms with Crippen molar-refractivity contribution < 1.29 is 24.1 Å². The largest absolute Gasteiger partial charge is 0.491 e. The second-order valence-electron chi connectivity index (χ2n) is 8.72. The average Bonchev–Trinajstić information content (AvgIpc) is 3.54. The number of carbonyl (C=O) groups is 1. The summed E-state index contributed by atoms with van der Waals surface area (Å²) in [5.41, 5.74) is 1.72. The molecule has 2 aliphatic rings. The van der Waals surface area contributed by atoms with E-state index < -0.39 is 11.9 Å². The van der Waals surface area contributed by atoms with Gasteiger partial charge >= 0.3 is 6.09 Å². The minimum absolute atomic E-state index is 0.299. The van der Waals surface area contributed by atoms with Crippen molar-refractivity contribution >= 4 is 35.0 Å². The van der Waals surface area contributed by atoms with Gasteiger partial charge in [-0.2, -0.15) is 0 Å². The Morgan fingerprint density at radius 3 is 2.58 bits per heavy atom. The molecule has 0 spiro atoms. The number of piperazine rings is 1. The van der Waals surface area contributed by atoms with Gasteiger partial charge in [0.05, 0.1) is 24.5 Å². The highest BCUT2D eigenvalue weighted by atomic mass is 35.5. The number of ether oxygens (including phenoxy) is 3. The first-order valence-electron chi connectivity index (χ1n) is 11.6. The quantitative estimate of drug-likeness (QED) is 0.484. The van der Waals surface area contributed by atoms with E-state index in [1.54, 1.807) is 24.7 Å². The Hall–Kier alpha value is -2.98. The van der Waals surface area contributed by atoms with Crippen LogP contribution in [0.2, 0.25) is 10.0 Å². The van der Waals surface area contributed by atoms with Crippen molar-refractivity contribution in [2.45, 2.75) is 18.4 Å². The lowest BCUT2D eigenvalue weighted by molar-refractivity contribution is -0.189. The summed E-state index contributed by atoms with van der Waals surface area (Å²) in [6, 6.07) is 13.0. The van der Waals surface area contributed by atoms with E-state index in [0.29, 0.717) is 67.3 Å². The number of halogens is 2. The van der Waals surface area contributed by atoms with Crippen molar-refractivity contribution in [3.8, 4) is 5.75 Å². The Morgan fingerprint density at radius 2 is 1.92 bits per heavy atom. The van der Waals surface area contributed by atoms with Crippen LogP contribution >= 0.6 is 23.2 Å². The van der Waals surface area contributed by atoms with Crippen LogP contribution in [0.4, 0.5) is 10.5 Å². The van der Waals surface area contributed by atoms with Gasteiger partial charge in [0.1, 0.15) is 18.5 Å². The molecule has 9 nitrogen and oxygen atoms in total. The summed E-state index contributed by atoms with van der Waals surface area (Å²) in [6.07, 6.45) is 4.05. The molecular weight excluding hydrogens is 507 g/mol. The summed E-state index contributed by atoms with van der Waals surface area (Å²) < 4.78 is 20.5. The molecule has 3 heterocycles. The molecule has 1 aromatic heterocycles. The number of hydrogen-bond donors (Lipinski definition) is 1. The molecule has 2 aromatic carbocycles. The van der Waals surface area contributed by atoms with Gasteiger partial charge < -0.3 is 33.7 Å². The normalized spacial score (nSPS) is 22.1. The highest BCUT2D eigenvalue weighted by molar-refractivity contribution is 6.35. The topological polar surface area (TPSA) is 89.3 Å². The average molecular weight is 533 g/mol. The van der Waals surface area contributed by atoms with Crippen LogP contribution in [-0.4, -0.2) is 71.1 Å². The number of anilines is 1. The minimum Gasteiger partial charge on any atom is -0.491 e. The van der Waals surface area contributed by atoms with Crippen LogP contribution in [0.25, 0.3) is 0 Å². The predicted octanol–water partition coefficient (Wildman–Crippen LogP) is 4.34. The maximum absolute atomic E-state index is 11.1. The second kappa shape index (κ2) is 10.6. The predicted molar refractivity (Wildman–Crippen MR) is 135 cm³/mol. The molecule has 0 saturated carbocycles. The van der Waals surface area contributed by atoms with Crippen LogP contribution in [0.15, 0.2) is 61.2 Å². The fourth-order valence-corrected chi connectivity index (χ4v) is 5.03. The third-order valence-electron chi connectivity index (χ3n) is 6.34. The smallest absolute Gasteiger partial charge is 0.407 e. The van der Waals surface area contributed by atoms with Gasteiger partial charge in [0.15, 0.2) is 0 Å². The Balaban J connectivity index is 1.22. The van der Waals surface area contributed by atoms with E-state index in [-0.39, 0.29) is 6.10 Å². The first-order valence-corrected chi connectivity index (χ1v) is 12.4. The second-order valence-corrected chi connectivity index (χ2v) is 9.57. The van der Waals surface area contributed by atoms with E-state index in [4.69, 9.17) is 42.5 Å². The molecule has 0 radical (unpaired) electrons. The summed E-state index contributed by atoms with van der Waals surface area (Å²) >= 11 is 12.6. The van der Waals surface area contributed by atoms with Crippen LogP contribution in [0.5, 0.6) is 5.75 Å². The molecule has 5 rings (SSSR count). The lowest BCUT2D eigenvalue weighted by Crippen LogP contribution is -2.48. The molecule has 3 aromatic rings. The molecule has 2 fully saturated rings. The fourth-order valence-electron chi connectivity index (χ4n) is 4.47. The van der Waals surface area contributed by atoms with Gasteiger partial charge in [0.25, 0.3) is 0 Å². The van der Waals surface area contributed by atoms with Gasteiger partial charge in [0.2, 0.25) is 5.79 Å². The Kier molecular flexibility index (Phi) is 7.25. The zero-order valence-electron chi connectivity index (χ0n) is 19.4. The van der Waals surface area contributed by atoms with E-state index in [1.807, 2.05) is 41.1 Å². The van der Waals surface area contributed by atoms with E-state index in [0.717, 1.165) is 5.69 Å². The fraction of sp³-hybridized carbons (Fsp3) is 0.360. The SMILES string of the molecule is O=C(O)N1CCN(c2ccc(OC[C@@H]3CO[C@@](Cn4ccnc4)(c4ccc(Cl)cc4Cl)O3)cc2)CC1. The summed E-state index contributed by atoms with van der Waals surface area (Å²) in [6.45, 7) is 3.30. The standard InChI is InChI=1S/C25H26Cl2N4O5/c26-18-1-6-22(23(27)13-18)25(16-29-8-7-28-17-29)35-15-21(36-25)14-34-20-4-2-19(3-5-20)30-9-11-31(12-10-30)24(32)33/h1-8,13,17,21H,9-12,14-16H2,(H,32,33)/t21-,25-/m1/s1. The zero-order chi connectivity index (χ0) is 25.1. The minimum atomic E-state index is -1.10. The lowest BCUT2D eigenvalue weighted by atomic mass is 10.1. The third kappa shape index (κ3) is 5.39. The molecule has 2 aliphatic heterocycles. The van der Waals surface area contributed by atoms with Crippen molar-refractivity contribution in [1.29, 1.82) is 0 Å². The summed E-state index contributed by atoms with van der Waals surface area (Å²) in [4.78, 5) is 18.8. The highest BCUT2D eigenvalue weighted by Gasteiger charge is 2.45. The molecule has 36 heavy (non-hydrogen) atoms. The van der Waals surface area contributed by atoms with Gasteiger partial charge in [-0.1, -0.05) is 29.3 Å². The molecule has 0 bridgehead atoms. The Bertz CT molecular complexity index is 1190. The molecule has 2 saturated heterocycles. The van der Waals surface area contributed by atoms with Gasteiger partial charge in [-0.05, 0) is 36.4 Å². The van der Waals surface area contributed by atoms with Gasteiger partial charge in [-0.15, -0.1) is 0 Å². The summed E-state index contributed by atoms with van der Waals surface area (Å²) in [7, 11) is 0. The number of rotatable bonds is 7. The highest BCUT2D eigenvalue weighted by Crippen LogP contribution is 2.40. The van der Waals surface area contributed by atoms with E-state index in [1.165, 1.54) is 4.90 Å². The third-order valence-corrected chi connectivity index (χ3v) is 6.89. The molecule has 2 atom stereocenters. The maximum Gasteiger partial charge on any atom is 0.407 e. The molecule has 0 unspecified atom stereocenters. The molecule has 1 N–H and O–H groups in total. The Labute approximate surface area is 218 Å². The summed E-state index contributed by atoms with van der Waals surface area (Å²) in [5.74, 6) is -0.388. The molecule has 11 heteroatoms. The molecule has 190 valence electrons. The number of carboxylic acid groups (broad SMARTS) is 1. The van der Waals surface area contributed by atoms with Crippen LogP contribution in [-0.2, 0) is 21.8 Å². The monoisotopic (exact) mass is 532 g/mol. The van der Waals surface area contributed by atoms with E-state index >= 15 is 0 Å². The van der Waals surface area contributed by atoms with E-state index in [2.05, 4.69) is 9.88 Å². The van der Waals surface area contributed by atoms with Crippen molar-refractivity contribution in [1.82, 2.24) is 14.5 Å². The number of nitrogens with zero attached hydrogens (tertiary/aromatic N) is 4.